The van der Waals surface area contributed by atoms with Crippen molar-refractivity contribution in [2.45, 2.75) is 18.0 Å². The van der Waals surface area contributed by atoms with Crippen molar-refractivity contribution in [3.05, 3.63) is 59.1 Å². The molecule has 0 aliphatic carbocycles. The van der Waals surface area contributed by atoms with Crippen LogP contribution in [0.25, 0.3) is 11.0 Å². The van der Waals surface area contributed by atoms with Crippen molar-refractivity contribution in [2.24, 2.45) is 0 Å². The van der Waals surface area contributed by atoms with Gasteiger partial charge >= 0.3 is 0 Å². The number of hydrazine groups is 1. The monoisotopic (exact) mass is 454 g/mol. The standard InChI is InChI=1S/C20H19ClN8OS/c1-27(2)13-9-7-12(8-10-13)18-17(21)19(30)29(18)25-20-24-23-16(31-20)11-28-15-6-4-3-5-14(15)22-26-28/h3-10,17-18H,11H2,1-2H3,(H,24,25). The highest BCUT2D eigenvalue weighted by Crippen LogP contribution is 2.39. The zero-order valence-electron chi connectivity index (χ0n) is 16.8. The van der Waals surface area contributed by atoms with Gasteiger partial charge in [-0.1, -0.05) is 40.8 Å². The summed E-state index contributed by atoms with van der Waals surface area (Å²) in [5, 5.41) is 18.9. The number of fused-ring (bicyclic) bond motifs is 1. The highest BCUT2D eigenvalue weighted by molar-refractivity contribution is 7.15. The largest absolute Gasteiger partial charge is 0.378 e. The second kappa shape index (κ2) is 7.78. The molecule has 31 heavy (non-hydrogen) atoms. The fourth-order valence-corrected chi connectivity index (χ4v) is 4.57. The third-order valence-electron chi connectivity index (χ3n) is 5.17. The molecule has 3 heterocycles. The number of carbonyl (C=O) groups excluding carboxylic acids is 1. The van der Waals surface area contributed by atoms with Crippen LogP contribution in [0.1, 0.15) is 16.6 Å². The molecule has 1 N–H and O–H groups in total. The lowest BCUT2D eigenvalue weighted by Crippen LogP contribution is -2.58. The molecule has 4 aromatic rings. The molecule has 0 saturated carbocycles. The molecule has 2 unspecified atom stereocenters. The van der Waals surface area contributed by atoms with Crippen molar-refractivity contribution in [2.75, 3.05) is 24.4 Å². The summed E-state index contributed by atoms with van der Waals surface area (Å²) in [5.74, 6) is -0.192. The van der Waals surface area contributed by atoms with Crippen LogP contribution in [0.15, 0.2) is 48.5 Å². The summed E-state index contributed by atoms with van der Waals surface area (Å²) in [6.45, 7) is 0.446. The van der Waals surface area contributed by atoms with Gasteiger partial charge in [0.05, 0.1) is 12.1 Å². The number of nitrogens with zero attached hydrogens (tertiary/aromatic N) is 7. The second-order valence-corrected chi connectivity index (χ2v) is 8.92. The van der Waals surface area contributed by atoms with Gasteiger partial charge in [0, 0.05) is 19.8 Å². The number of hydrogen-bond donors (Lipinski definition) is 1. The molecule has 1 amide bonds. The van der Waals surface area contributed by atoms with Crippen LogP contribution in [-0.2, 0) is 11.3 Å². The normalized spacial score (nSPS) is 18.3. The lowest BCUT2D eigenvalue weighted by Gasteiger charge is -2.43. The van der Waals surface area contributed by atoms with Gasteiger partial charge in [-0.05, 0) is 29.8 Å². The lowest BCUT2D eigenvalue weighted by atomic mass is 9.95. The fraction of sp³-hybridized carbons (Fsp3) is 0.250. The zero-order valence-corrected chi connectivity index (χ0v) is 18.4. The number of β-lactam (4-membered cyclic amide) rings is 1. The van der Waals surface area contributed by atoms with E-state index in [2.05, 4.69) is 25.9 Å². The molecule has 9 nitrogen and oxygen atoms in total. The molecule has 2 aromatic heterocycles. The van der Waals surface area contributed by atoms with Crippen LogP contribution >= 0.6 is 22.9 Å². The quantitative estimate of drug-likeness (QED) is 0.353. The van der Waals surface area contributed by atoms with E-state index < -0.39 is 5.38 Å². The lowest BCUT2D eigenvalue weighted by molar-refractivity contribution is -0.143. The van der Waals surface area contributed by atoms with Crippen molar-refractivity contribution in [1.29, 1.82) is 0 Å². The average molecular weight is 455 g/mol. The Kier molecular flexibility index (Phi) is 4.95. The summed E-state index contributed by atoms with van der Waals surface area (Å²) in [5.41, 5.74) is 6.86. The van der Waals surface area contributed by atoms with E-state index in [-0.39, 0.29) is 11.9 Å². The van der Waals surface area contributed by atoms with E-state index in [1.54, 1.807) is 4.68 Å². The molecular weight excluding hydrogens is 436 g/mol. The first-order valence-corrected chi connectivity index (χ1v) is 10.9. The van der Waals surface area contributed by atoms with E-state index in [1.165, 1.54) is 16.3 Å². The number of para-hydroxylation sites is 1. The number of carbonyl (C=O) groups is 1. The Bertz CT molecular complexity index is 1240. The minimum atomic E-state index is -0.619. The number of alkyl halides is 1. The molecule has 2 atom stereocenters. The highest BCUT2D eigenvalue weighted by Gasteiger charge is 2.48. The van der Waals surface area contributed by atoms with Crippen molar-refractivity contribution in [3.63, 3.8) is 0 Å². The summed E-state index contributed by atoms with van der Waals surface area (Å²) in [6.07, 6.45) is 0. The molecule has 0 bridgehead atoms. The molecule has 1 saturated heterocycles. The Morgan fingerprint density at radius 2 is 1.87 bits per heavy atom. The van der Waals surface area contributed by atoms with Crippen LogP contribution < -0.4 is 10.3 Å². The smallest absolute Gasteiger partial charge is 0.262 e. The van der Waals surface area contributed by atoms with Gasteiger partial charge in [0.1, 0.15) is 21.9 Å². The van der Waals surface area contributed by atoms with Crippen molar-refractivity contribution in [3.8, 4) is 0 Å². The average Bonchev–Trinajstić information content (AvgIpc) is 3.41. The van der Waals surface area contributed by atoms with Crippen molar-refractivity contribution >= 4 is 50.7 Å². The second-order valence-electron chi connectivity index (χ2n) is 7.39. The van der Waals surface area contributed by atoms with Crippen LogP contribution in [-0.4, -0.2) is 55.6 Å². The van der Waals surface area contributed by atoms with Gasteiger partial charge in [0.15, 0.2) is 0 Å². The number of halogens is 1. The molecule has 1 fully saturated rings. The maximum Gasteiger partial charge on any atom is 0.262 e. The number of anilines is 2. The molecule has 0 spiro atoms. The minimum absolute atomic E-state index is 0.192. The van der Waals surface area contributed by atoms with Gasteiger partial charge in [-0.2, -0.15) is 0 Å². The van der Waals surface area contributed by atoms with Gasteiger partial charge in [-0.3, -0.25) is 10.2 Å². The Hall–Kier alpha value is -3.24. The van der Waals surface area contributed by atoms with Crippen LogP contribution in [0.3, 0.4) is 0 Å². The molecule has 0 radical (unpaired) electrons. The zero-order chi connectivity index (χ0) is 21.5. The number of amides is 1. The van der Waals surface area contributed by atoms with Crippen LogP contribution in [0, 0.1) is 0 Å². The van der Waals surface area contributed by atoms with Gasteiger partial charge in [0.2, 0.25) is 5.13 Å². The van der Waals surface area contributed by atoms with Crippen molar-refractivity contribution in [1.82, 2.24) is 30.2 Å². The van der Waals surface area contributed by atoms with Gasteiger partial charge in [-0.15, -0.1) is 26.9 Å². The first-order chi connectivity index (χ1) is 15.0. The number of rotatable bonds is 6. The maximum absolute atomic E-state index is 12.4. The Morgan fingerprint density at radius 1 is 1.10 bits per heavy atom. The van der Waals surface area contributed by atoms with E-state index in [0.717, 1.165) is 27.3 Å². The predicted octanol–water partition coefficient (Wildman–Crippen LogP) is 2.91. The Balaban J connectivity index is 1.31. The van der Waals surface area contributed by atoms with Crippen LogP contribution in [0.2, 0.25) is 0 Å². The summed E-state index contributed by atoms with van der Waals surface area (Å²) in [6, 6.07) is 15.4. The van der Waals surface area contributed by atoms with E-state index in [1.807, 2.05) is 67.5 Å². The Labute approximate surface area is 187 Å². The topological polar surface area (TPSA) is 92.1 Å². The van der Waals surface area contributed by atoms with E-state index in [9.17, 15) is 4.79 Å². The summed E-state index contributed by atoms with van der Waals surface area (Å²) in [4.78, 5) is 14.4. The SMILES string of the molecule is CN(C)c1ccc(C2C(Cl)C(=O)N2Nc2nnc(Cn3nnc4ccccc43)s2)cc1. The number of aromatic nitrogens is 5. The molecule has 2 aromatic carbocycles. The molecule has 5 rings (SSSR count). The van der Waals surface area contributed by atoms with E-state index >= 15 is 0 Å². The van der Waals surface area contributed by atoms with Crippen LogP contribution in [0.4, 0.5) is 10.8 Å². The fourth-order valence-electron chi connectivity index (χ4n) is 3.49. The van der Waals surface area contributed by atoms with Gasteiger partial charge < -0.3 is 4.90 Å². The third kappa shape index (κ3) is 3.57. The highest BCUT2D eigenvalue weighted by atomic mass is 35.5. The molecular formula is C20H19ClN8OS. The minimum Gasteiger partial charge on any atom is -0.378 e. The summed E-state index contributed by atoms with van der Waals surface area (Å²) >= 11 is 7.68. The Morgan fingerprint density at radius 3 is 2.65 bits per heavy atom. The first-order valence-electron chi connectivity index (χ1n) is 9.63. The first kappa shape index (κ1) is 19.7. The molecule has 1 aliphatic rings. The maximum atomic E-state index is 12.4. The van der Waals surface area contributed by atoms with E-state index in [4.69, 9.17) is 11.6 Å². The van der Waals surface area contributed by atoms with Crippen molar-refractivity contribution < 1.29 is 4.79 Å². The molecule has 11 heteroatoms. The molecule has 158 valence electrons. The number of hydrogen-bond acceptors (Lipinski definition) is 8. The van der Waals surface area contributed by atoms with E-state index in [0.29, 0.717) is 11.7 Å². The predicted molar refractivity (Wildman–Crippen MR) is 120 cm³/mol. The third-order valence-corrected chi connectivity index (χ3v) is 6.41. The van der Waals surface area contributed by atoms with Gasteiger partial charge in [0.25, 0.3) is 5.91 Å². The molecule has 1 aliphatic heterocycles. The van der Waals surface area contributed by atoms with Crippen LogP contribution in [0.5, 0.6) is 0 Å². The number of benzene rings is 2. The summed E-state index contributed by atoms with van der Waals surface area (Å²) in [7, 11) is 3.96. The number of nitrogens with one attached hydrogen (secondary N) is 1. The summed E-state index contributed by atoms with van der Waals surface area (Å²) < 4.78 is 1.78. The van der Waals surface area contributed by atoms with Gasteiger partial charge in [-0.25, -0.2) is 9.69 Å².